The zero-order chi connectivity index (χ0) is 17.4. The SMILES string of the molecule is CCNC(=NCCNC(=O)C1CC1)NC1CCCC(S(=O)CC)C1. The summed E-state index contributed by atoms with van der Waals surface area (Å²) in [6.45, 7) is 6.00. The third kappa shape index (κ3) is 6.42. The van der Waals surface area contributed by atoms with E-state index in [0.717, 1.165) is 56.8 Å². The van der Waals surface area contributed by atoms with E-state index in [0.29, 0.717) is 24.4 Å². The minimum absolute atomic E-state index is 0.167. The lowest BCUT2D eigenvalue weighted by Gasteiger charge is -2.30. The van der Waals surface area contributed by atoms with E-state index in [-0.39, 0.29) is 11.8 Å². The maximum absolute atomic E-state index is 12.1. The Hall–Kier alpha value is -1.11. The van der Waals surface area contributed by atoms with Crippen molar-refractivity contribution >= 4 is 22.7 Å². The van der Waals surface area contributed by atoms with Gasteiger partial charge in [-0.25, -0.2) is 0 Å². The largest absolute Gasteiger partial charge is 0.357 e. The van der Waals surface area contributed by atoms with Gasteiger partial charge in [0.15, 0.2) is 5.96 Å². The molecule has 3 N–H and O–H groups in total. The highest BCUT2D eigenvalue weighted by atomic mass is 32.2. The van der Waals surface area contributed by atoms with Gasteiger partial charge in [0, 0.05) is 46.9 Å². The number of rotatable bonds is 8. The zero-order valence-electron chi connectivity index (χ0n) is 15.0. The molecular weight excluding hydrogens is 324 g/mol. The van der Waals surface area contributed by atoms with Crippen LogP contribution < -0.4 is 16.0 Å². The molecule has 138 valence electrons. The highest BCUT2D eigenvalue weighted by Crippen LogP contribution is 2.28. The van der Waals surface area contributed by atoms with Crippen LogP contribution in [0.3, 0.4) is 0 Å². The molecule has 2 rings (SSSR count). The number of nitrogens with zero attached hydrogens (tertiary/aromatic N) is 1. The van der Waals surface area contributed by atoms with E-state index in [1.807, 2.05) is 13.8 Å². The summed E-state index contributed by atoms with van der Waals surface area (Å²) < 4.78 is 12.1. The number of hydrogen-bond acceptors (Lipinski definition) is 3. The van der Waals surface area contributed by atoms with Crippen LogP contribution in [0.1, 0.15) is 52.4 Å². The minimum Gasteiger partial charge on any atom is -0.357 e. The molecular formula is C17H32N4O2S. The van der Waals surface area contributed by atoms with E-state index in [4.69, 9.17) is 0 Å². The number of aliphatic imine (C=N–C) groups is 1. The van der Waals surface area contributed by atoms with Gasteiger partial charge in [0.05, 0.1) is 6.54 Å². The Morgan fingerprint density at radius 1 is 1.17 bits per heavy atom. The average Bonchev–Trinajstić information content (AvgIpc) is 3.43. The molecule has 3 unspecified atom stereocenters. The lowest BCUT2D eigenvalue weighted by Crippen LogP contribution is -2.47. The third-order valence-electron chi connectivity index (χ3n) is 4.60. The van der Waals surface area contributed by atoms with Gasteiger partial charge < -0.3 is 16.0 Å². The third-order valence-corrected chi connectivity index (χ3v) is 6.34. The smallest absolute Gasteiger partial charge is 0.223 e. The monoisotopic (exact) mass is 356 g/mol. The second kappa shape index (κ2) is 10.0. The lowest BCUT2D eigenvalue weighted by atomic mass is 9.95. The summed E-state index contributed by atoms with van der Waals surface area (Å²) in [6.07, 6.45) is 6.29. The lowest BCUT2D eigenvalue weighted by molar-refractivity contribution is -0.122. The molecule has 3 atom stereocenters. The molecule has 0 heterocycles. The fourth-order valence-electron chi connectivity index (χ4n) is 3.10. The van der Waals surface area contributed by atoms with Crippen molar-refractivity contribution in [1.29, 1.82) is 0 Å². The van der Waals surface area contributed by atoms with Gasteiger partial charge in [0.1, 0.15) is 0 Å². The van der Waals surface area contributed by atoms with Crippen molar-refractivity contribution in [2.24, 2.45) is 10.9 Å². The van der Waals surface area contributed by atoms with Crippen LogP contribution in [0, 0.1) is 5.92 Å². The second-order valence-electron chi connectivity index (χ2n) is 6.63. The quantitative estimate of drug-likeness (QED) is 0.346. The summed E-state index contributed by atoms with van der Waals surface area (Å²) in [5.41, 5.74) is 0. The Morgan fingerprint density at radius 3 is 2.62 bits per heavy atom. The highest BCUT2D eigenvalue weighted by molar-refractivity contribution is 7.85. The summed E-state index contributed by atoms with van der Waals surface area (Å²) in [5, 5.41) is 9.98. The molecule has 0 aliphatic heterocycles. The van der Waals surface area contributed by atoms with Crippen LogP contribution >= 0.6 is 0 Å². The molecule has 2 aliphatic carbocycles. The number of hydrogen-bond donors (Lipinski definition) is 3. The fourth-order valence-corrected chi connectivity index (χ4v) is 4.45. The number of carbonyl (C=O) groups is 1. The van der Waals surface area contributed by atoms with E-state index in [9.17, 15) is 9.00 Å². The van der Waals surface area contributed by atoms with E-state index >= 15 is 0 Å². The van der Waals surface area contributed by atoms with Gasteiger partial charge in [0.2, 0.25) is 5.91 Å². The van der Waals surface area contributed by atoms with Crippen molar-refractivity contribution in [3.05, 3.63) is 0 Å². The molecule has 2 aliphatic rings. The van der Waals surface area contributed by atoms with Gasteiger partial charge in [-0.15, -0.1) is 0 Å². The first-order valence-corrected chi connectivity index (χ1v) is 10.7. The van der Waals surface area contributed by atoms with Crippen molar-refractivity contribution in [1.82, 2.24) is 16.0 Å². The van der Waals surface area contributed by atoms with Crippen molar-refractivity contribution in [2.45, 2.75) is 63.7 Å². The minimum atomic E-state index is -0.711. The van der Waals surface area contributed by atoms with Crippen LogP contribution in [0.15, 0.2) is 4.99 Å². The van der Waals surface area contributed by atoms with E-state index in [2.05, 4.69) is 20.9 Å². The summed E-state index contributed by atoms with van der Waals surface area (Å²) in [7, 11) is -0.711. The molecule has 24 heavy (non-hydrogen) atoms. The van der Waals surface area contributed by atoms with Crippen LogP contribution in [-0.2, 0) is 15.6 Å². The Bertz CT molecular complexity index is 466. The second-order valence-corrected chi connectivity index (χ2v) is 8.63. The number of guanidine groups is 1. The standard InChI is InChI=1S/C17H32N4O2S/c1-3-18-17(20-11-10-19-16(22)13-8-9-13)21-14-6-5-7-15(12-14)24(23)4-2/h13-15H,3-12H2,1-2H3,(H,19,22)(H2,18,20,21). The summed E-state index contributed by atoms with van der Waals surface area (Å²) >= 11 is 0. The summed E-state index contributed by atoms with van der Waals surface area (Å²) in [5.74, 6) is 1.96. The van der Waals surface area contributed by atoms with Crippen molar-refractivity contribution in [3.63, 3.8) is 0 Å². The molecule has 0 bridgehead atoms. The molecule has 0 spiro atoms. The molecule has 7 heteroatoms. The Morgan fingerprint density at radius 2 is 1.96 bits per heavy atom. The predicted octanol–water partition coefficient (Wildman–Crippen LogP) is 1.15. The van der Waals surface area contributed by atoms with Gasteiger partial charge in [-0.1, -0.05) is 13.3 Å². The van der Waals surface area contributed by atoms with E-state index in [1.54, 1.807) is 0 Å². The Balaban J connectivity index is 1.77. The normalized spacial score (nSPS) is 25.8. The first kappa shape index (κ1) is 19.2. The van der Waals surface area contributed by atoms with Crippen LogP contribution in [-0.4, -0.2) is 52.8 Å². The van der Waals surface area contributed by atoms with Crippen molar-refractivity contribution in [3.8, 4) is 0 Å². The van der Waals surface area contributed by atoms with Gasteiger partial charge in [0.25, 0.3) is 0 Å². The molecule has 1 amide bonds. The molecule has 0 aromatic rings. The van der Waals surface area contributed by atoms with Crippen LogP contribution in [0.5, 0.6) is 0 Å². The van der Waals surface area contributed by atoms with Crippen LogP contribution in [0.4, 0.5) is 0 Å². The number of amides is 1. The molecule has 2 saturated carbocycles. The van der Waals surface area contributed by atoms with Gasteiger partial charge in [-0.3, -0.25) is 14.0 Å². The Kier molecular flexibility index (Phi) is 8.02. The van der Waals surface area contributed by atoms with Crippen molar-refractivity contribution < 1.29 is 9.00 Å². The topological polar surface area (TPSA) is 82.6 Å². The number of carbonyl (C=O) groups excluding carboxylic acids is 1. The van der Waals surface area contributed by atoms with Crippen LogP contribution in [0.25, 0.3) is 0 Å². The summed E-state index contributed by atoms with van der Waals surface area (Å²) in [4.78, 5) is 16.2. The Labute approximate surface area is 148 Å². The highest BCUT2D eigenvalue weighted by Gasteiger charge is 2.29. The molecule has 0 radical (unpaired) electrons. The van der Waals surface area contributed by atoms with Gasteiger partial charge in [-0.2, -0.15) is 0 Å². The number of nitrogens with one attached hydrogen (secondary N) is 3. The van der Waals surface area contributed by atoms with Crippen molar-refractivity contribution in [2.75, 3.05) is 25.4 Å². The van der Waals surface area contributed by atoms with Gasteiger partial charge in [-0.05, 0) is 39.0 Å². The van der Waals surface area contributed by atoms with Gasteiger partial charge >= 0.3 is 0 Å². The maximum atomic E-state index is 12.1. The predicted molar refractivity (Wildman–Crippen MR) is 99.6 cm³/mol. The molecule has 2 fully saturated rings. The fraction of sp³-hybridized carbons (Fsp3) is 0.882. The molecule has 0 aromatic carbocycles. The molecule has 0 saturated heterocycles. The first-order chi connectivity index (χ1) is 11.6. The van der Waals surface area contributed by atoms with Crippen LogP contribution in [0.2, 0.25) is 0 Å². The van der Waals surface area contributed by atoms with E-state index < -0.39 is 10.8 Å². The first-order valence-electron chi connectivity index (χ1n) is 9.33. The van der Waals surface area contributed by atoms with E-state index in [1.165, 1.54) is 0 Å². The average molecular weight is 357 g/mol. The molecule has 0 aromatic heterocycles. The molecule has 6 nitrogen and oxygen atoms in total. The maximum Gasteiger partial charge on any atom is 0.223 e. The summed E-state index contributed by atoms with van der Waals surface area (Å²) in [6, 6.07) is 0.332. The zero-order valence-corrected chi connectivity index (χ0v) is 15.8.